The van der Waals surface area contributed by atoms with Crippen molar-refractivity contribution in [3.63, 3.8) is 0 Å². The van der Waals surface area contributed by atoms with Crippen LogP contribution in [-0.2, 0) is 5.60 Å². The van der Waals surface area contributed by atoms with Gasteiger partial charge < -0.3 is 10.0 Å². The molecule has 2 heterocycles. The average molecular weight is 406 g/mol. The largest absolute Gasteiger partial charge is 0.385 e. The SMILES string of the molecule is OC1(c2ccccc2Cl)CCN(c2nnc(-c3ccccc3Cl)s2)CC1. The van der Waals surface area contributed by atoms with Crippen LogP contribution in [0.5, 0.6) is 0 Å². The molecule has 0 aliphatic carbocycles. The van der Waals surface area contributed by atoms with E-state index in [2.05, 4.69) is 15.1 Å². The van der Waals surface area contributed by atoms with Crippen LogP contribution in [-0.4, -0.2) is 28.4 Å². The molecule has 1 saturated heterocycles. The number of hydrogen-bond acceptors (Lipinski definition) is 5. The summed E-state index contributed by atoms with van der Waals surface area (Å²) in [4.78, 5) is 2.16. The third-order valence-electron chi connectivity index (χ3n) is 4.75. The van der Waals surface area contributed by atoms with Gasteiger partial charge in [-0.25, -0.2) is 0 Å². The highest BCUT2D eigenvalue weighted by molar-refractivity contribution is 7.18. The molecule has 1 fully saturated rings. The maximum Gasteiger partial charge on any atom is 0.208 e. The van der Waals surface area contributed by atoms with Gasteiger partial charge >= 0.3 is 0 Å². The van der Waals surface area contributed by atoms with Crippen molar-refractivity contribution in [2.45, 2.75) is 18.4 Å². The topological polar surface area (TPSA) is 49.2 Å². The van der Waals surface area contributed by atoms with E-state index < -0.39 is 5.60 Å². The maximum atomic E-state index is 11.0. The van der Waals surface area contributed by atoms with Gasteiger partial charge in [-0.05, 0) is 25.0 Å². The summed E-state index contributed by atoms with van der Waals surface area (Å²) in [7, 11) is 0. The van der Waals surface area contributed by atoms with E-state index in [1.165, 1.54) is 11.3 Å². The molecule has 1 aliphatic rings. The van der Waals surface area contributed by atoms with Crippen LogP contribution in [0, 0.1) is 0 Å². The van der Waals surface area contributed by atoms with E-state index in [0.29, 0.717) is 36.0 Å². The normalized spacial score (nSPS) is 16.7. The van der Waals surface area contributed by atoms with Crippen molar-refractivity contribution in [2.24, 2.45) is 0 Å². The minimum absolute atomic E-state index is 0.595. The van der Waals surface area contributed by atoms with Gasteiger partial charge in [-0.2, -0.15) is 0 Å². The van der Waals surface area contributed by atoms with E-state index in [1.807, 2.05) is 48.5 Å². The van der Waals surface area contributed by atoms with Gasteiger partial charge in [0.2, 0.25) is 5.13 Å². The highest BCUT2D eigenvalue weighted by atomic mass is 35.5. The summed E-state index contributed by atoms with van der Waals surface area (Å²) < 4.78 is 0. The first kappa shape index (κ1) is 17.7. The van der Waals surface area contributed by atoms with Crippen molar-refractivity contribution in [1.82, 2.24) is 10.2 Å². The second-order valence-electron chi connectivity index (χ2n) is 6.37. The predicted molar refractivity (Wildman–Crippen MR) is 107 cm³/mol. The average Bonchev–Trinajstić information content (AvgIpc) is 3.13. The van der Waals surface area contributed by atoms with E-state index in [4.69, 9.17) is 23.2 Å². The molecule has 0 atom stereocenters. The van der Waals surface area contributed by atoms with Crippen molar-refractivity contribution in [2.75, 3.05) is 18.0 Å². The lowest BCUT2D eigenvalue weighted by atomic mass is 9.84. The quantitative estimate of drug-likeness (QED) is 0.665. The number of rotatable bonds is 3. The van der Waals surface area contributed by atoms with E-state index in [0.717, 1.165) is 21.3 Å². The third kappa shape index (κ3) is 3.32. The molecule has 3 aromatic rings. The minimum Gasteiger partial charge on any atom is -0.385 e. The fraction of sp³-hybridized carbons (Fsp3) is 0.263. The Balaban J connectivity index is 1.51. The molecule has 1 aliphatic heterocycles. The van der Waals surface area contributed by atoms with Crippen LogP contribution in [0.2, 0.25) is 10.0 Å². The first-order valence-electron chi connectivity index (χ1n) is 8.37. The van der Waals surface area contributed by atoms with Crippen LogP contribution >= 0.6 is 34.5 Å². The highest BCUT2D eigenvalue weighted by Crippen LogP contribution is 2.39. The van der Waals surface area contributed by atoms with Gasteiger partial charge in [0.05, 0.1) is 10.6 Å². The van der Waals surface area contributed by atoms with Gasteiger partial charge in [0.1, 0.15) is 0 Å². The molecule has 0 radical (unpaired) electrons. The van der Waals surface area contributed by atoms with Crippen molar-refractivity contribution >= 4 is 39.7 Å². The van der Waals surface area contributed by atoms with Crippen LogP contribution in [0.15, 0.2) is 48.5 Å². The zero-order valence-electron chi connectivity index (χ0n) is 13.9. The Bertz CT molecular complexity index is 922. The number of anilines is 1. The number of benzene rings is 2. The van der Waals surface area contributed by atoms with Crippen LogP contribution < -0.4 is 4.90 Å². The first-order valence-corrected chi connectivity index (χ1v) is 9.95. The standard InChI is InChI=1S/C19H17Cl2N3OS/c20-15-7-3-1-5-13(15)17-22-23-18(26-17)24-11-9-19(25,10-12-24)14-6-2-4-8-16(14)21/h1-8,25H,9-12H2. The van der Waals surface area contributed by atoms with Gasteiger partial charge in [0.25, 0.3) is 0 Å². The maximum absolute atomic E-state index is 11.0. The molecular weight excluding hydrogens is 389 g/mol. The summed E-state index contributed by atoms with van der Waals surface area (Å²) >= 11 is 14.1. The third-order valence-corrected chi connectivity index (χ3v) is 6.43. The monoisotopic (exact) mass is 405 g/mol. The van der Waals surface area contributed by atoms with Crippen LogP contribution in [0.25, 0.3) is 10.6 Å². The van der Waals surface area contributed by atoms with E-state index in [-0.39, 0.29) is 0 Å². The summed E-state index contributed by atoms with van der Waals surface area (Å²) in [6.45, 7) is 1.39. The van der Waals surface area contributed by atoms with Gasteiger partial charge in [-0.1, -0.05) is 70.9 Å². The summed E-state index contributed by atoms with van der Waals surface area (Å²) in [5, 5.41) is 22.6. The molecule has 0 saturated carbocycles. The lowest BCUT2D eigenvalue weighted by molar-refractivity contribution is 0.0118. The molecule has 26 heavy (non-hydrogen) atoms. The fourth-order valence-corrected chi connectivity index (χ4v) is 4.79. The Kier molecular flexibility index (Phi) is 4.88. The number of halogens is 2. The summed E-state index contributed by atoms with van der Waals surface area (Å²) in [5.41, 5.74) is 0.795. The zero-order valence-corrected chi connectivity index (χ0v) is 16.2. The van der Waals surface area contributed by atoms with Crippen molar-refractivity contribution in [1.29, 1.82) is 0 Å². The Hall–Kier alpha value is -1.66. The van der Waals surface area contributed by atoms with Crippen molar-refractivity contribution < 1.29 is 5.11 Å². The molecule has 1 N–H and O–H groups in total. The molecule has 0 bridgehead atoms. The number of aliphatic hydroxyl groups is 1. The first-order chi connectivity index (χ1) is 12.6. The second kappa shape index (κ2) is 7.16. The Morgan fingerprint density at radius 3 is 2.27 bits per heavy atom. The smallest absolute Gasteiger partial charge is 0.208 e. The predicted octanol–water partition coefficient (Wildman–Crippen LogP) is 5.00. The molecule has 1 aromatic heterocycles. The zero-order chi connectivity index (χ0) is 18.1. The molecule has 0 spiro atoms. The number of piperidine rings is 1. The van der Waals surface area contributed by atoms with Crippen LogP contribution in [0.4, 0.5) is 5.13 Å². The second-order valence-corrected chi connectivity index (χ2v) is 8.14. The lowest BCUT2D eigenvalue weighted by Crippen LogP contribution is -2.42. The van der Waals surface area contributed by atoms with Crippen molar-refractivity contribution in [3.8, 4) is 10.6 Å². The molecule has 4 nitrogen and oxygen atoms in total. The van der Waals surface area contributed by atoms with Gasteiger partial charge in [0, 0.05) is 29.2 Å². The Labute approximate surface area is 166 Å². The minimum atomic E-state index is -0.898. The highest BCUT2D eigenvalue weighted by Gasteiger charge is 2.36. The van der Waals surface area contributed by atoms with Gasteiger partial charge in [0.15, 0.2) is 5.01 Å². The van der Waals surface area contributed by atoms with E-state index >= 15 is 0 Å². The fourth-order valence-electron chi connectivity index (χ4n) is 3.26. The number of hydrogen-bond donors (Lipinski definition) is 1. The summed E-state index contributed by atoms with van der Waals surface area (Å²) in [5.74, 6) is 0. The number of nitrogens with zero attached hydrogens (tertiary/aromatic N) is 3. The number of aromatic nitrogens is 2. The molecule has 0 unspecified atom stereocenters. The van der Waals surface area contributed by atoms with E-state index in [9.17, 15) is 5.11 Å². The molecular formula is C19H17Cl2N3OS. The molecule has 0 amide bonds. The van der Waals surface area contributed by atoms with Crippen LogP contribution in [0.3, 0.4) is 0 Å². The Morgan fingerprint density at radius 2 is 1.58 bits per heavy atom. The molecule has 2 aromatic carbocycles. The molecule has 7 heteroatoms. The van der Waals surface area contributed by atoms with E-state index in [1.54, 1.807) is 0 Å². The lowest BCUT2D eigenvalue weighted by Gasteiger charge is -2.38. The Morgan fingerprint density at radius 1 is 0.923 bits per heavy atom. The van der Waals surface area contributed by atoms with Gasteiger partial charge in [-0.3, -0.25) is 0 Å². The summed E-state index contributed by atoms with van der Waals surface area (Å²) in [6, 6.07) is 15.1. The summed E-state index contributed by atoms with van der Waals surface area (Å²) in [6.07, 6.45) is 1.19. The van der Waals surface area contributed by atoms with Gasteiger partial charge in [-0.15, -0.1) is 10.2 Å². The van der Waals surface area contributed by atoms with Crippen molar-refractivity contribution in [3.05, 3.63) is 64.1 Å². The van der Waals surface area contributed by atoms with Crippen LogP contribution in [0.1, 0.15) is 18.4 Å². The molecule has 134 valence electrons. The molecule has 4 rings (SSSR count).